The van der Waals surface area contributed by atoms with Crippen molar-refractivity contribution in [3.8, 4) is 0 Å². The van der Waals surface area contributed by atoms with E-state index in [9.17, 15) is 9.59 Å². The van der Waals surface area contributed by atoms with Gasteiger partial charge in [-0.25, -0.2) is 0 Å². The summed E-state index contributed by atoms with van der Waals surface area (Å²) >= 11 is 1.38. The molecule has 1 aromatic rings. The maximum absolute atomic E-state index is 11.4. The van der Waals surface area contributed by atoms with Crippen LogP contribution >= 0.6 is 11.3 Å². The summed E-state index contributed by atoms with van der Waals surface area (Å²) in [6.45, 7) is 0. The van der Waals surface area contributed by atoms with Gasteiger partial charge in [-0.05, 0) is 17.9 Å². The van der Waals surface area contributed by atoms with Gasteiger partial charge in [0, 0.05) is 18.4 Å². The highest BCUT2D eigenvalue weighted by Gasteiger charge is 2.21. The second-order valence-corrected chi connectivity index (χ2v) is 3.78. The van der Waals surface area contributed by atoms with Gasteiger partial charge in [0.05, 0.1) is 4.88 Å². The Kier molecular flexibility index (Phi) is 1.81. The topological polar surface area (TPSA) is 34.1 Å². The van der Waals surface area contributed by atoms with Gasteiger partial charge >= 0.3 is 0 Å². The van der Waals surface area contributed by atoms with Crippen LogP contribution in [0.2, 0.25) is 0 Å². The van der Waals surface area contributed by atoms with Crippen LogP contribution in [0.15, 0.2) is 11.4 Å². The Bertz CT molecular complexity index is 308. The number of rotatable bonds is 0. The lowest BCUT2D eigenvalue weighted by Gasteiger charge is -1.92. The molecule has 1 aromatic heterocycles. The van der Waals surface area contributed by atoms with Crippen molar-refractivity contribution in [2.75, 3.05) is 0 Å². The summed E-state index contributed by atoms with van der Waals surface area (Å²) in [5.41, 5.74) is 0.641. The number of carbonyl (C=O) groups is 2. The standard InChI is InChI=1S/C9H8O2S/c10-7-2-1-3-8(11)9-6(7)4-5-12-9/h4-5H,1-3H2. The first kappa shape index (κ1) is 7.68. The minimum absolute atomic E-state index is 0.122. The Morgan fingerprint density at radius 3 is 2.75 bits per heavy atom. The lowest BCUT2D eigenvalue weighted by molar-refractivity contribution is 0.0982. The van der Waals surface area contributed by atoms with E-state index in [1.54, 1.807) is 6.07 Å². The summed E-state index contributed by atoms with van der Waals surface area (Å²) < 4.78 is 0. The zero-order chi connectivity index (χ0) is 8.55. The second-order valence-electron chi connectivity index (χ2n) is 2.86. The molecule has 0 atom stereocenters. The van der Waals surface area contributed by atoms with Gasteiger partial charge < -0.3 is 0 Å². The van der Waals surface area contributed by atoms with Crippen molar-refractivity contribution in [1.29, 1.82) is 0 Å². The maximum Gasteiger partial charge on any atom is 0.173 e. The van der Waals surface area contributed by atoms with Gasteiger partial charge in [0.2, 0.25) is 0 Å². The molecular formula is C9H8O2S. The minimum atomic E-state index is 0.122. The molecule has 62 valence electrons. The van der Waals surface area contributed by atoms with E-state index in [0.717, 1.165) is 0 Å². The Hall–Kier alpha value is -0.960. The first-order valence-corrected chi connectivity index (χ1v) is 4.81. The SMILES string of the molecule is O=C1CCCC(=O)c2sccc21. The fourth-order valence-corrected chi connectivity index (χ4v) is 2.29. The van der Waals surface area contributed by atoms with Crippen molar-refractivity contribution < 1.29 is 9.59 Å². The van der Waals surface area contributed by atoms with E-state index in [4.69, 9.17) is 0 Å². The van der Waals surface area contributed by atoms with E-state index in [1.165, 1.54) is 11.3 Å². The second kappa shape index (κ2) is 2.83. The molecule has 0 aliphatic heterocycles. The molecule has 0 N–H and O–H groups in total. The smallest absolute Gasteiger partial charge is 0.173 e. The van der Waals surface area contributed by atoms with E-state index >= 15 is 0 Å². The van der Waals surface area contributed by atoms with Gasteiger partial charge in [-0.2, -0.15) is 0 Å². The van der Waals surface area contributed by atoms with E-state index in [0.29, 0.717) is 29.7 Å². The molecule has 0 saturated carbocycles. The predicted molar refractivity (Wildman–Crippen MR) is 46.8 cm³/mol. The third-order valence-electron chi connectivity index (χ3n) is 2.03. The van der Waals surface area contributed by atoms with Crippen molar-refractivity contribution in [2.24, 2.45) is 0 Å². The molecule has 2 rings (SSSR count). The molecule has 0 fully saturated rings. The van der Waals surface area contributed by atoms with Gasteiger partial charge in [-0.15, -0.1) is 11.3 Å². The summed E-state index contributed by atoms with van der Waals surface area (Å²) in [4.78, 5) is 23.4. The Morgan fingerprint density at radius 2 is 1.92 bits per heavy atom. The van der Waals surface area contributed by atoms with Crippen LogP contribution in [0.25, 0.3) is 0 Å². The number of fused-ring (bicyclic) bond motifs is 1. The maximum atomic E-state index is 11.4. The average Bonchev–Trinajstić information content (AvgIpc) is 2.47. The largest absolute Gasteiger partial charge is 0.294 e. The molecule has 3 heteroatoms. The van der Waals surface area contributed by atoms with Crippen LogP contribution < -0.4 is 0 Å². The number of hydrogen-bond acceptors (Lipinski definition) is 3. The van der Waals surface area contributed by atoms with Crippen LogP contribution in [0.5, 0.6) is 0 Å². The molecular weight excluding hydrogens is 172 g/mol. The third kappa shape index (κ3) is 1.10. The van der Waals surface area contributed by atoms with Crippen molar-refractivity contribution in [3.63, 3.8) is 0 Å². The van der Waals surface area contributed by atoms with Crippen molar-refractivity contribution in [3.05, 3.63) is 21.9 Å². The molecule has 2 nitrogen and oxygen atoms in total. The summed E-state index contributed by atoms with van der Waals surface area (Å²) in [6, 6.07) is 1.76. The van der Waals surface area contributed by atoms with Crippen LogP contribution in [-0.2, 0) is 0 Å². The van der Waals surface area contributed by atoms with Gasteiger partial charge in [0.15, 0.2) is 11.6 Å². The summed E-state index contributed by atoms with van der Waals surface area (Å²) in [7, 11) is 0. The number of thiophene rings is 1. The van der Waals surface area contributed by atoms with Gasteiger partial charge in [0.25, 0.3) is 0 Å². The fourth-order valence-electron chi connectivity index (χ4n) is 1.40. The van der Waals surface area contributed by atoms with Crippen molar-refractivity contribution in [1.82, 2.24) is 0 Å². The molecule has 0 amide bonds. The quantitative estimate of drug-likeness (QED) is 0.574. The molecule has 0 saturated heterocycles. The van der Waals surface area contributed by atoms with Crippen LogP contribution in [0.3, 0.4) is 0 Å². The van der Waals surface area contributed by atoms with Crippen molar-refractivity contribution in [2.45, 2.75) is 19.3 Å². The van der Waals surface area contributed by atoms with Gasteiger partial charge in [0.1, 0.15) is 0 Å². The van der Waals surface area contributed by atoms with Crippen molar-refractivity contribution >= 4 is 22.9 Å². The highest BCUT2D eigenvalue weighted by molar-refractivity contribution is 7.12. The Morgan fingerprint density at radius 1 is 1.17 bits per heavy atom. The minimum Gasteiger partial charge on any atom is -0.294 e. The highest BCUT2D eigenvalue weighted by atomic mass is 32.1. The number of carbonyl (C=O) groups excluding carboxylic acids is 2. The monoisotopic (exact) mass is 180 g/mol. The number of hydrogen-bond donors (Lipinski definition) is 0. The molecule has 12 heavy (non-hydrogen) atoms. The molecule has 1 heterocycles. The van der Waals surface area contributed by atoms with Crippen LogP contribution in [-0.4, -0.2) is 11.6 Å². The van der Waals surface area contributed by atoms with Crippen LogP contribution in [0, 0.1) is 0 Å². The lowest BCUT2D eigenvalue weighted by atomic mass is 10.1. The molecule has 0 bridgehead atoms. The van der Waals surface area contributed by atoms with Crippen LogP contribution in [0.1, 0.15) is 39.3 Å². The van der Waals surface area contributed by atoms with E-state index < -0.39 is 0 Å². The average molecular weight is 180 g/mol. The first-order valence-electron chi connectivity index (χ1n) is 3.93. The zero-order valence-corrected chi connectivity index (χ0v) is 7.32. The van der Waals surface area contributed by atoms with E-state index in [-0.39, 0.29) is 11.6 Å². The number of Topliss-reactive ketones (excluding diaryl/α,β-unsaturated/α-hetero) is 2. The summed E-state index contributed by atoms with van der Waals surface area (Å²) in [6.07, 6.45) is 1.76. The van der Waals surface area contributed by atoms with E-state index in [1.807, 2.05) is 5.38 Å². The zero-order valence-electron chi connectivity index (χ0n) is 6.50. The van der Waals surface area contributed by atoms with Crippen LogP contribution in [0.4, 0.5) is 0 Å². The Balaban J connectivity index is 2.52. The number of ketones is 2. The third-order valence-corrected chi connectivity index (χ3v) is 2.98. The Labute approximate surface area is 74.2 Å². The van der Waals surface area contributed by atoms with E-state index in [2.05, 4.69) is 0 Å². The predicted octanol–water partition coefficient (Wildman–Crippen LogP) is 2.30. The fraction of sp³-hybridized carbons (Fsp3) is 0.333. The molecule has 0 aromatic carbocycles. The summed E-state index contributed by atoms with van der Waals surface area (Å²) in [5, 5.41) is 1.81. The molecule has 1 aliphatic carbocycles. The summed E-state index contributed by atoms with van der Waals surface area (Å²) in [5.74, 6) is 0.253. The van der Waals surface area contributed by atoms with Gasteiger partial charge in [-0.1, -0.05) is 0 Å². The van der Waals surface area contributed by atoms with Gasteiger partial charge in [-0.3, -0.25) is 9.59 Å². The molecule has 0 unspecified atom stereocenters. The lowest BCUT2D eigenvalue weighted by Crippen LogP contribution is -1.98. The normalized spacial score (nSPS) is 17.3. The molecule has 1 aliphatic rings. The highest BCUT2D eigenvalue weighted by Crippen LogP contribution is 2.24. The first-order chi connectivity index (χ1) is 5.79. The molecule has 0 radical (unpaired) electrons. The molecule has 0 spiro atoms.